The molecule has 1 aromatic heterocycles. The minimum atomic E-state index is 0.629. The van der Waals surface area contributed by atoms with Crippen molar-refractivity contribution >= 4 is 0 Å². The van der Waals surface area contributed by atoms with E-state index in [1.54, 1.807) is 6.33 Å². The zero-order valence-corrected chi connectivity index (χ0v) is 12.2. The predicted octanol–water partition coefficient (Wildman–Crippen LogP) is 2.66. The van der Waals surface area contributed by atoms with E-state index >= 15 is 0 Å². The van der Waals surface area contributed by atoms with E-state index in [4.69, 9.17) is 4.74 Å². The van der Waals surface area contributed by atoms with Gasteiger partial charge >= 0.3 is 0 Å². The fourth-order valence-electron chi connectivity index (χ4n) is 3.26. The Morgan fingerprint density at radius 2 is 2.05 bits per heavy atom. The third-order valence-corrected chi connectivity index (χ3v) is 4.45. The lowest BCUT2D eigenvalue weighted by Crippen LogP contribution is -2.35. The first-order valence-electron chi connectivity index (χ1n) is 8.12. The molecular formula is C16H25N3O. The molecule has 1 saturated heterocycles. The summed E-state index contributed by atoms with van der Waals surface area (Å²) >= 11 is 0. The second-order valence-corrected chi connectivity index (χ2v) is 5.95. The normalized spacial score (nSPS) is 22.9. The molecule has 4 nitrogen and oxygen atoms in total. The van der Waals surface area contributed by atoms with Gasteiger partial charge in [0.2, 0.25) is 5.88 Å². The van der Waals surface area contributed by atoms with Crippen molar-refractivity contribution in [3.8, 4) is 5.88 Å². The molecule has 1 atom stereocenters. The van der Waals surface area contributed by atoms with Crippen molar-refractivity contribution < 1.29 is 4.74 Å². The third kappa shape index (κ3) is 3.48. The minimum absolute atomic E-state index is 0.629. The maximum absolute atomic E-state index is 5.97. The summed E-state index contributed by atoms with van der Waals surface area (Å²) in [5, 5.41) is 3.56. The minimum Gasteiger partial charge on any atom is -0.477 e. The largest absolute Gasteiger partial charge is 0.477 e. The molecule has 1 fully saturated rings. The molecule has 1 aliphatic carbocycles. The molecule has 2 aliphatic rings. The highest BCUT2D eigenvalue weighted by Crippen LogP contribution is 2.25. The van der Waals surface area contributed by atoms with Crippen LogP contribution in [-0.2, 0) is 12.8 Å². The summed E-state index contributed by atoms with van der Waals surface area (Å²) in [6.45, 7) is 1.93. The summed E-state index contributed by atoms with van der Waals surface area (Å²) < 4.78 is 5.97. The maximum Gasteiger partial charge on any atom is 0.219 e. The van der Waals surface area contributed by atoms with E-state index in [9.17, 15) is 0 Å². The summed E-state index contributed by atoms with van der Waals surface area (Å²) in [4.78, 5) is 8.80. The topological polar surface area (TPSA) is 47.0 Å². The van der Waals surface area contributed by atoms with Crippen LogP contribution in [0, 0.1) is 0 Å². The highest BCUT2D eigenvalue weighted by atomic mass is 16.5. The number of nitrogens with one attached hydrogen (secondary N) is 1. The number of fused-ring (bicyclic) bond motifs is 1. The van der Waals surface area contributed by atoms with Gasteiger partial charge in [-0.25, -0.2) is 9.97 Å². The van der Waals surface area contributed by atoms with E-state index in [-0.39, 0.29) is 0 Å². The zero-order valence-electron chi connectivity index (χ0n) is 12.2. The van der Waals surface area contributed by atoms with Gasteiger partial charge in [0.1, 0.15) is 6.33 Å². The summed E-state index contributed by atoms with van der Waals surface area (Å²) in [6.07, 6.45) is 12.6. The van der Waals surface area contributed by atoms with Gasteiger partial charge in [0.05, 0.1) is 12.3 Å². The van der Waals surface area contributed by atoms with E-state index in [1.165, 1.54) is 49.8 Å². The van der Waals surface area contributed by atoms with Crippen LogP contribution in [0.25, 0.3) is 0 Å². The Hall–Kier alpha value is -1.16. The second-order valence-electron chi connectivity index (χ2n) is 5.95. The molecule has 0 spiro atoms. The van der Waals surface area contributed by atoms with E-state index in [1.807, 2.05) is 0 Å². The Balaban J connectivity index is 1.57. The van der Waals surface area contributed by atoms with Crippen molar-refractivity contribution in [1.29, 1.82) is 0 Å². The fourth-order valence-corrected chi connectivity index (χ4v) is 3.26. The average molecular weight is 275 g/mol. The first kappa shape index (κ1) is 13.8. The molecule has 3 rings (SSSR count). The Bertz CT molecular complexity index is 430. The summed E-state index contributed by atoms with van der Waals surface area (Å²) in [7, 11) is 0. The fraction of sp³-hybridized carbons (Fsp3) is 0.750. The van der Waals surface area contributed by atoms with Crippen LogP contribution in [0.3, 0.4) is 0 Å². The van der Waals surface area contributed by atoms with Crippen molar-refractivity contribution in [3.63, 3.8) is 0 Å². The molecule has 0 radical (unpaired) electrons. The maximum atomic E-state index is 5.97. The van der Waals surface area contributed by atoms with Gasteiger partial charge in [-0.1, -0.05) is 12.8 Å². The molecule has 0 bridgehead atoms. The monoisotopic (exact) mass is 275 g/mol. The molecule has 110 valence electrons. The lowest BCUT2D eigenvalue weighted by atomic mass is 10.0. The van der Waals surface area contributed by atoms with Crippen LogP contribution in [0.1, 0.15) is 56.2 Å². The van der Waals surface area contributed by atoms with Gasteiger partial charge in [0.25, 0.3) is 0 Å². The molecule has 0 amide bonds. The van der Waals surface area contributed by atoms with Crippen LogP contribution < -0.4 is 10.1 Å². The van der Waals surface area contributed by atoms with Crippen molar-refractivity contribution in [2.75, 3.05) is 13.2 Å². The molecule has 4 heteroatoms. The SMILES string of the molecule is c1nc2c(c(OCCC3CCCCN3)n1)CCCCC2. The second kappa shape index (κ2) is 7.02. The first-order chi connectivity index (χ1) is 9.93. The molecule has 0 aromatic carbocycles. The lowest BCUT2D eigenvalue weighted by molar-refractivity contribution is 0.257. The number of nitrogens with zero attached hydrogens (tertiary/aromatic N) is 2. The highest BCUT2D eigenvalue weighted by Gasteiger charge is 2.16. The Labute approximate surface area is 121 Å². The van der Waals surface area contributed by atoms with Crippen LogP contribution in [0.2, 0.25) is 0 Å². The molecule has 1 aromatic rings. The number of hydrogen-bond acceptors (Lipinski definition) is 4. The number of ether oxygens (including phenoxy) is 1. The smallest absolute Gasteiger partial charge is 0.219 e. The van der Waals surface area contributed by atoms with Gasteiger partial charge < -0.3 is 10.1 Å². The molecule has 20 heavy (non-hydrogen) atoms. The summed E-state index contributed by atoms with van der Waals surface area (Å²) in [5.74, 6) is 0.840. The average Bonchev–Trinajstić information content (AvgIpc) is 2.74. The van der Waals surface area contributed by atoms with Crippen molar-refractivity contribution in [2.24, 2.45) is 0 Å². The van der Waals surface area contributed by atoms with Gasteiger partial charge in [-0.05, 0) is 51.5 Å². The molecule has 1 N–H and O–H groups in total. The van der Waals surface area contributed by atoms with Crippen LogP contribution in [0.15, 0.2) is 6.33 Å². The summed E-state index contributed by atoms with van der Waals surface area (Å²) in [5.41, 5.74) is 2.48. The van der Waals surface area contributed by atoms with Crippen molar-refractivity contribution in [1.82, 2.24) is 15.3 Å². The van der Waals surface area contributed by atoms with E-state index in [0.29, 0.717) is 6.04 Å². The summed E-state index contributed by atoms with van der Waals surface area (Å²) in [6, 6.07) is 0.629. The van der Waals surface area contributed by atoms with Gasteiger partial charge in [-0.3, -0.25) is 0 Å². The number of rotatable bonds is 4. The third-order valence-electron chi connectivity index (χ3n) is 4.45. The van der Waals surface area contributed by atoms with Crippen molar-refractivity contribution in [2.45, 2.75) is 63.8 Å². The number of aromatic nitrogens is 2. The lowest BCUT2D eigenvalue weighted by Gasteiger charge is -2.23. The standard InChI is InChI=1S/C16H25N3O/c1-2-7-14-15(8-3-1)18-12-19-16(14)20-11-9-13-6-4-5-10-17-13/h12-13,17H,1-11H2. The number of aryl methyl sites for hydroxylation is 1. The quantitative estimate of drug-likeness (QED) is 0.858. The molecule has 1 unspecified atom stereocenters. The van der Waals surface area contributed by atoms with E-state index in [0.717, 1.165) is 38.3 Å². The van der Waals surface area contributed by atoms with E-state index < -0.39 is 0 Å². The van der Waals surface area contributed by atoms with E-state index in [2.05, 4.69) is 15.3 Å². The molecule has 0 saturated carbocycles. The van der Waals surface area contributed by atoms with Crippen LogP contribution in [0.5, 0.6) is 5.88 Å². The van der Waals surface area contributed by atoms with Gasteiger partial charge in [-0.2, -0.15) is 0 Å². The van der Waals surface area contributed by atoms with Gasteiger partial charge in [-0.15, -0.1) is 0 Å². The first-order valence-corrected chi connectivity index (χ1v) is 8.12. The molecule has 1 aliphatic heterocycles. The van der Waals surface area contributed by atoms with Crippen LogP contribution in [-0.4, -0.2) is 29.2 Å². The molecular weight excluding hydrogens is 250 g/mol. The number of piperidine rings is 1. The molecule has 2 heterocycles. The Morgan fingerprint density at radius 1 is 1.10 bits per heavy atom. The Kier molecular flexibility index (Phi) is 4.85. The Morgan fingerprint density at radius 3 is 2.95 bits per heavy atom. The van der Waals surface area contributed by atoms with Gasteiger partial charge in [0, 0.05) is 11.6 Å². The highest BCUT2D eigenvalue weighted by molar-refractivity contribution is 5.30. The number of hydrogen-bond donors (Lipinski definition) is 1. The zero-order chi connectivity index (χ0) is 13.6. The van der Waals surface area contributed by atoms with Crippen molar-refractivity contribution in [3.05, 3.63) is 17.6 Å². The van der Waals surface area contributed by atoms with Gasteiger partial charge in [0.15, 0.2) is 0 Å². The van der Waals surface area contributed by atoms with Crippen LogP contribution in [0.4, 0.5) is 0 Å². The predicted molar refractivity (Wildman–Crippen MR) is 79.0 cm³/mol. The van der Waals surface area contributed by atoms with Crippen LogP contribution >= 0.6 is 0 Å².